The van der Waals surface area contributed by atoms with Crippen LogP contribution in [0.3, 0.4) is 0 Å². The number of carbonyl (C=O) groups excluding carboxylic acids is 2. The van der Waals surface area contributed by atoms with E-state index >= 15 is 0 Å². The number of rotatable bonds is 4. The molecule has 1 aromatic rings. The molecular formula is C17H22N2O2. The van der Waals surface area contributed by atoms with Gasteiger partial charge in [-0.15, -0.1) is 0 Å². The van der Waals surface area contributed by atoms with Gasteiger partial charge in [-0.3, -0.25) is 14.5 Å². The molecule has 21 heavy (non-hydrogen) atoms. The third kappa shape index (κ3) is 2.38. The Kier molecular flexibility index (Phi) is 3.81. The van der Waals surface area contributed by atoms with Crippen LogP contribution in [0.5, 0.6) is 0 Å². The van der Waals surface area contributed by atoms with Crippen molar-refractivity contribution >= 4 is 17.5 Å². The maximum atomic E-state index is 12.4. The highest BCUT2D eigenvalue weighted by atomic mass is 16.2. The largest absolute Gasteiger partial charge is 0.310 e. The normalized spacial score (nSPS) is 26.3. The number of hydrogen-bond donors (Lipinski definition) is 1. The molecule has 1 saturated heterocycles. The summed E-state index contributed by atoms with van der Waals surface area (Å²) in [5.41, 5.74) is 1.88. The first-order chi connectivity index (χ1) is 10.1. The Hall–Kier alpha value is -1.68. The lowest BCUT2D eigenvalue weighted by Crippen LogP contribution is -2.31. The Labute approximate surface area is 125 Å². The number of benzene rings is 1. The number of anilines is 1. The molecule has 0 bridgehead atoms. The first-order valence-electron chi connectivity index (χ1n) is 7.84. The average molecular weight is 286 g/mol. The van der Waals surface area contributed by atoms with Crippen LogP contribution in [-0.4, -0.2) is 18.4 Å². The van der Waals surface area contributed by atoms with E-state index in [2.05, 4.69) is 19.2 Å². The Morgan fingerprint density at radius 3 is 2.24 bits per heavy atom. The first kappa shape index (κ1) is 14.3. The smallest absolute Gasteiger partial charge is 0.237 e. The quantitative estimate of drug-likeness (QED) is 0.866. The molecule has 112 valence electrons. The van der Waals surface area contributed by atoms with E-state index in [0.29, 0.717) is 5.69 Å². The number of carbonyl (C=O) groups is 2. The molecule has 0 aromatic heterocycles. The van der Waals surface area contributed by atoms with E-state index in [1.165, 1.54) is 10.5 Å². The van der Waals surface area contributed by atoms with E-state index in [-0.39, 0.29) is 29.7 Å². The van der Waals surface area contributed by atoms with Crippen LogP contribution in [0, 0.1) is 11.8 Å². The fourth-order valence-electron chi connectivity index (χ4n) is 3.58. The highest BCUT2D eigenvalue weighted by Gasteiger charge is 2.50. The lowest BCUT2D eigenvalue weighted by Gasteiger charge is -2.18. The van der Waals surface area contributed by atoms with E-state index in [4.69, 9.17) is 0 Å². The molecule has 1 saturated carbocycles. The summed E-state index contributed by atoms with van der Waals surface area (Å²) >= 11 is 0. The summed E-state index contributed by atoms with van der Waals surface area (Å²) in [6, 6.07) is 8.04. The van der Waals surface area contributed by atoms with Gasteiger partial charge in [-0.25, -0.2) is 0 Å². The molecule has 1 heterocycles. The minimum atomic E-state index is -0.0714. The van der Waals surface area contributed by atoms with Gasteiger partial charge in [-0.1, -0.05) is 25.5 Å². The third-order valence-corrected chi connectivity index (χ3v) is 4.75. The minimum absolute atomic E-state index is 0.00465. The summed E-state index contributed by atoms with van der Waals surface area (Å²) in [6.45, 7) is 5.09. The molecule has 0 spiro atoms. The standard InChI is InChI=1S/C17H22N2O2/c1-3-18-11(2)12-7-9-13(10-8-12)19-16(20)14-5-4-6-15(14)17(19)21/h7-11,14-15,18H,3-6H2,1-2H3. The molecule has 3 unspecified atom stereocenters. The van der Waals surface area contributed by atoms with Gasteiger partial charge in [-0.05, 0) is 44.0 Å². The van der Waals surface area contributed by atoms with E-state index in [0.717, 1.165) is 25.8 Å². The van der Waals surface area contributed by atoms with Crippen molar-refractivity contribution in [2.45, 2.75) is 39.2 Å². The Bertz CT molecular complexity index is 530. The average Bonchev–Trinajstić information content (AvgIpc) is 3.05. The van der Waals surface area contributed by atoms with Gasteiger partial charge >= 0.3 is 0 Å². The van der Waals surface area contributed by atoms with Gasteiger partial charge in [0, 0.05) is 6.04 Å². The SMILES string of the molecule is CCNC(C)c1ccc(N2C(=O)C3CCCC3C2=O)cc1. The van der Waals surface area contributed by atoms with E-state index in [9.17, 15) is 9.59 Å². The van der Waals surface area contributed by atoms with Crippen molar-refractivity contribution in [1.82, 2.24) is 5.32 Å². The van der Waals surface area contributed by atoms with E-state index < -0.39 is 0 Å². The number of fused-ring (bicyclic) bond motifs is 1. The van der Waals surface area contributed by atoms with Crippen molar-refractivity contribution in [3.63, 3.8) is 0 Å². The molecule has 1 N–H and O–H groups in total. The maximum Gasteiger partial charge on any atom is 0.237 e. The van der Waals surface area contributed by atoms with Gasteiger partial charge < -0.3 is 5.32 Å². The van der Waals surface area contributed by atoms with Crippen molar-refractivity contribution < 1.29 is 9.59 Å². The van der Waals surface area contributed by atoms with Gasteiger partial charge in [-0.2, -0.15) is 0 Å². The molecule has 3 atom stereocenters. The number of amides is 2. The maximum absolute atomic E-state index is 12.4. The second-order valence-electron chi connectivity index (χ2n) is 6.03. The summed E-state index contributed by atoms with van der Waals surface area (Å²) in [4.78, 5) is 26.2. The second-order valence-corrected chi connectivity index (χ2v) is 6.03. The Balaban J connectivity index is 1.81. The highest BCUT2D eigenvalue weighted by molar-refractivity contribution is 6.22. The molecule has 1 aromatic carbocycles. The van der Waals surface area contributed by atoms with E-state index in [1.54, 1.807) is 0 Å². The van der Waals surface area contributed by atoms with Gasteiger partial charge in [0.15, 0.2) is 0 Å². The van der Waals surface area contributed by atoms with Crippen LogP contribution in [-0.2, 0) is 9.59 Å². The molecule has 2 fully saturated rings. The zero-order valence-corrected chi connectivity index (χ0v) is 12.6. The molecule has 1 aliphatic heterocycles. The van der Waals surface area contributed by atoms with Crippen molar-refractivity contribution in [3.05, 3.63) is 29.8 Å². The molecule has 0 radical (unpaired) electrons. The molecular weight excluding hydrogens is 264 g/mol. The molecule has 4 heteroatoms. The van der Waals surface area contributed by atoms with Crippen LogP contribution >= 0.6 is 0 Å². The van der Waals surface area contributed by atoms with Crippen molar-refractivity contribution in [1.29, 1.82) is 0 Å². The molecule has 3 rings (SSSR count). The van der Waals surface area contributed by atoms with Gasteiger partial charge in [0.25, 0.3) is 0 Å². The predicted molar refractivity (Wildman–Crippen MR) is 81.9 cm³/mol. The molecule has 1 aliphatic carbocycles. The first-order valence-corrected chi connectivity index (χ1v) is 7.84. The summed E-state index contributed by atoms with van der Waals surface area (Å²) in [7, 11) is 0. The third-order valence-electron chi connectivity index (χ3n) is 4.75. The lowest BCUT2D eigenvalue weighted by atomic mass is 10.00. The Morgan fingerprint density at radius 1 is 1.14 bits per heavy atom. The topological polar surface area (TPSA) is 49.4 Å². The van der Waals surface area contributed by atoms with Crippen LogP contribution < -0.4 is 10.2 Å². The number of imide groups is 1. The number of hydrogen-bond acceptors (Lipinski definition) is 3. The van der Waals surface area contributed by atoms with Crippen LogP contribution in [0.4, 0.5) is 5.69 Å². The predicted octanol–water partition coefficient (Wildman–Crippen LogP) is 2.65. The zero-order valence-electron chi connectivity index (χ0n) is 12.6. The summed E-state index contributed by atoms with van der Waals surface area (Å²) < 4.78 is 0. The molecule has 2 amide bonds. The number of nitrogens with one attached hydrogen (secondary N) is 1. The van der Waals surface area contributed by atoms with E-state index in [1.807, 2.05) is 24.3 Å². The summed E-state index contributed by atoms with van der Waals surface area (Å²) in [5, 5.41) is 3.35. The minimum Gasteiger partial charge on any atom is -0.310 e. The van der Waals surface area contributed by atoms with Gasteiger partial charge in [0.05, 0.1) is 17.5 Å². The highest BCUT2D eigenvalue weighted by Crippen LogP contribution is 2.41. The van der Waals surface area contributed by atoms with Crippen molar-refractivity contribution in [2.75, 3.05) is 11.4 Å². The summed E-state index contributed by atoms with van der Waals surface area (Å²) in [5.74, 6) is -0.152. The van der Waals surface area contributed by atoms with Gasteiger partial charge in [0.1, 0.15) is 0 Å². The monoisotopic (exact) mass is 286 g/mol. The number of nitrogens with zero attached hydrogens (tertiary/aromatic N) is 1. The second kappa shape index (κ2) is 5.60. The van der Waals surface area contributed by atoms with Crippen LogP contribution in [0.1, 0.15) is 44.7 Å². The lowest BCUT2D eigenvalue weighted by molar-refractivity contribution is -0.122. The van der Waals surface area contributed by atoms with Gasteiger partial charge in [0.2, 0.25) is 11.8 Å². The fraction of sp³-hybridized carbons (Fsp3) is 0.529. The fourth-order valence-corrected chi connectivity index (χ4v) is 3.58. The van der Waals surface area contributed by atoms with Crippen molar-refractivity contribution in [3.8, 4) is 0 Å². The van der Waals surface area contributed by atoms with Crippen molar-refractivity contribution in [2.24, 2.45) is 11.8 Å². The molecule has 2 aliphatic rings. The summed E-state index contributed by atoms with van der Waals surface area (Å²) in [6.07, 6.45) is 2.72. The zero-order chi connectivity index (χ0) is 15.0. The molecule has 4 nitrogen and oxygen atoms in total. The van der Waals surface area contributed by atoms with Crippen LogP contribution in [0.25, 0.3) is 0 Å². The van der Waals surface area contributed by atoms with Crippen LogP contribution in [0.15, 0.2) is 24.3 Å². The Morgan fingerprint density at radius 2 is 1.71 bits per heavy atom. The van der Waals surface area contributed by atoms with Crippen LogP contribution in [0.2, 0.25) is 0 Å².